The number of hydrogen-bond acceptors (Lipinski definition) is 4. The highest BCUT2D eigenvalue weighted by Crippen LogP contribution is 1.96. The number of amides is 1. The number of rotatable bonds is 5. The fourth-order valence-corrected chi connectivity index (χ4v) is 1.41. The Hall–Kier alpha value is -0.650. The van der Waals surface area contributed by atoms with Gasteiger partial charge in [0, 0.05) is 19.6 Å². The van der Waals surface area contributed by atoms with Crippen molar-refractivity contribution in [2.75, 3.05) is 39.4 Å². The maximum atomic E-state index is 11.6. The number of aliphatic hydroxyl groups excluding tert-OH is 1. The van der Waals surface area contributed by atoms with Crippen LogP contribution in [0.1, 0.15) is 13.3 Å². The van der Waals surface area contributed by atoms with Gasteiger partial charge in [-0.3, -0.25) is 4.79 Å². The molecule has 1 amide bonds. The van der Waals surface area contributed by atoms with Crippen LogP contribution in [0.3, 0.4) is 0 Å². The molecule has 0 bridgehead atoms. The zero-order valence-electron chi connectivity index (χ0n) is 9.24. The van der Waals surface area contributed by atoms with Gasteiger partial charge >= 0.3 is 0 Å². The van der Waals surface area contributed by atoms with E-state index in [9.17, 15) is 9.90 Å². The van der Waals surface area contributed by atoms with Crippen molar-refractivity contribution in [3.05, 3.63) is 0 Å². The Kier molecular flexibility index (Phi) is 5.60. The average Bonchev–Trinajstić information content (AvgIpc) is 2.29. The highest BCUT2D eigenvalue weighted by atomic mass is 16.5. The summed E-state index contributed by atoms with van der Waals surface area (Å²) in [6.07, 6.45) is 0.348. The first-order valence-corrected chi connectivity index (χ1v) is 5.48. The molecule has 0 radical (unpaired) electrons. The standard InChI is InChI=1S/C10H20N2O3/c1-2-9(13)7-11-8-10(14)12-3-5-15-6-4-12/h9,11,13H,2-8H2,1H3. The third kappa shape index (κ3) is 4.59. The van der Waals surface area contributed by atoms with Gasteiger partial charge in [0.1, 0.15) is 0 Å². The summed E-state index contributed by atoms with van der Waals surface area (Å²) in [6, 6.07) is 0. The number of ether oxygens (including phenoxy) is 1. The zero-order valence-corrected chi connectivity index (χ0v) is 9.24. The summed E-state index contributed by atoms with van der Waals surface area (Å²) in [6.45, 7) is 5.31. The van der Waals surface area contributed by atoms with E-state index < -0.39 is 0 Å². The maximum absolute atomic E-state index is 11.6. The number of aliphatic hydroxyl groups is 1. The minimum atomic E-state index is -0.359. The van der Waals surface area contributed by atoms with E-state index in [1.165, 1.54) is 0 Å². The molecule has 1 heterocycles. The van der Waals surface area contributed by atoms with Crippen LogP contribution in [-0.4, -0.2) is 61.4 Å². The Balaban J connectivity index is 2.12. The molecule has 1 aliphatic heterocycles. The fourth-order valence-electron chi connectivity index (χ4n) is 1.41. The number of carbonyl (C=O) groups is 1. The van der Waals surface area contributed by atoms with Crippen LogP contribution in [0.2, 0.25) is 0 Å². The van der Waals surface area contributed by atoms with Gasteiger partial charge in [0.15, 0.2) is 0 Å². The van der Waals surface area contributed by atoms with Crippen molar-refractivity contribution in [1.82, 2.24) is 10.2 Å². The molecule has 0 aliphatic carbocycles. The Morgan fingerprint density at radius 3 is 2.80 bits per heavy atom. The number of morpholine rings is 1. The molecule has 0 saturated carbocycles. The largest absolute Gasteiger partial charge is 0.392 e. The molecule has 88 valence electrons. The zero-order chi connectivity index (χ0) is 11.1. The highest BCUT2D eigenvalue weighted by Gasteiger charge is 2.16. The van der Waals surface area contributed by atoms with Gasteiger partial charge in [0.05, 0.1) is 25.9 Å². The van der Waals surface area contributed by atoms with Crippen molar-refractivity contribution < 1.29 is 14.6 Å². The van der Waals surface area contributed by atoms with E-state index in [0.29, 0.717) is 45.8 Å². The van der Waals surface area contributed by atoms with E-state index in [2.05, 4.69) is 5.32 Å². The number of carbonyl (C=O) groups excluding carboxylic acids is 1. The van der Waals surface area contributed by atoms with Gasteiger partial charge in [-0.15, -0.1) is 0 Å². The predicted octanol–water partition coefficient (Wildman–Crippen LogP) is -0.794. The first-order chi connectivity index (χ1) is 7.24. The van der Waals surface area contributed by atoms with Crippen LogP contribution in [0.15, 0.2) is 0 Å². The van der Waals surface area contributed by atoms with E-state index in [0.717, 1.165) is 0 Å². The maximum Gasteiger partial charge on any atom is 0.236 e. The van der Waals surface area contributed by atoms with Crippen molar-refractivity contribution >= 4 is 5.91 Å². The van der Waals surface area contributed by atoms with Gasteiger partial charge in [-0.05, 0) is 6.42 Å². The second-order valence-corrected chi connectivity index (χ2v) is 3.69. The molecular weight excluding hydrogens is 196 g/mol. The van der Waals surface area contributed by atoms with Crippen molar-refractivity contribution in [1.29, 1.82) is 0 Å². The molecule has 1 rings (SSSR count). The second-order valence-electron chi connectivity index (χ2n) is 3.69. The summed E-state index contributed by atoms with van der Waals surface area (Å²) in [5.74, 6) is 0.0848. The van der Waals surface area contributed by atoms with Crippen molar-refractivity contribution in [3.63, 3.8) is 0 Å². The molecule has 1 atom stereocenters. The summed E-state index contributed by atoms with van der Waals surface area (Å²) in [4.78, 5) is 13.4. The molecule has 0 spiro atoms. The fraction of sp³-hybridized carbons (Fsp3) is 0.900. The van der Waals surface area contributed by atoms with E-state index in [4.69, 9.17) is 4.74 Å². The van der Waals surface area contributed by atoms with Gasteiger partial charge < -0.3 is 20.1 Å². The predicted molar refractivity (Wildman–Crippen MR) is 56.6 cm³/mol. The van der Waals surface area contributed by atoms with Crippen LogP contribution < -0.4 is 5.32 Å². The lowest BCUT2D eigenvalue weighted by atomic mass is 10.3. The molecule has 1 saturated heterocycles. The van der Waals surface area contributed by atoms with Crippen LogP contribution in [0.5, 0.6) is 0 Å². The Labute approximate surface area is 90.4 Å². The van der Waals surface area contributed by atoms with E-state index in [1.54, 1.807) is 4.90 Å². The van der Waals surface area contributed by atoms with Crippen LogP contribution in [0.4, 0.5) is 0 Å². The molecule has 5 heteroatoms. The van der Waals surface area contributed by atoms with Gasteiger partial charge in [0.2, 0.25) is 5.91 Å². The molecule has 2 N–H and O–H groups in total. The molecule has 0 aromatic rings. The Morgan fingerprint density at radius 1 is 1.53 bits per heavy atom. The quantitative estimate of drug-likeness (QED) is 0.632. The second kappa shape index (κ2) is 6.76. The van der Waals surface area contributed by atoms with Crippen LogP contribution in [-0.2, 0) is 9.53 Å². The van der Waals surface area contributed by atoms with E-state index in [1.807, 2.05) is 6.92 Å². The first-order valence-electron chi connectivity index (χ1n) is 5.48. The molecular formula is C10H20N2O3. The number of nitrogens with one attached hydrogen (secondary N) is 1. The normalized spacial score (nSPS) is 18.9. The third-order valence-corrected chi connectivity index (χ3v) is 2.49. The summed E-state index contributed by atoms with van der Waals surface area (Å²) < 4.78 is 5.16. The highest BCUT2D eigenvalue weighted by molar-refractivity contribution is 5.78. The average molecular weight is 216 g/mol. The van der Waals surface area contributed by atoms with Gasteiger partial charge in [-0.2, -0.15) is 0 Å². The number of hydrogen-bond donors (Lipinski definition) is 2. The van der Waals surface area contributed by atoms with Gasteiger partial charge in [-0.25, -0.2) is 0 Å². The van der Waals surface area contributed by atoms with Crippen LogP contribution in [0, 0.1) is 0 Å². The smallest absolute Gasteiger partial charge is 0.236 e. The lowest BCUT2D eigenvalue weighted by molar-refractivity contribution is -0.134. The van der Waals surface area contributed by atoms with Crippen molar-refractivity contribution in [2.45, 2.75) is 19.4 Å². The van der Waals surface area contributed by atoms with Gasteiger partial charge in [0.25, 0.3) is 0 Å². The molecule has 0 aromatic carbocycles. The lowest BCUT2D eigenvalue weighted by Crippen LogP contribution is -2.45. The molecule has 15 heavy (non-hydrogen) atoms. The van der Waals surface area contributed by atoms with Crippen LogP contribution >= 0.6 is 0 Å². The molecule has 1 unspecified atom stereocenters. The summed E-state index contributed by atoms with van der Waals surface area (Å²) in [5, 5.41) is 12.2. The van der Waals surface area contributed by atoms with E-state index in [-0.39, 0.29) is 12.0 Å². The number of nitrogens with zero attached hydrogens (tertiary/aromatic N) is 1. The summed E-state index contributed by atoms with van der Waals surface area (Å²) in [5.41, 5.74) is 0. The Morgan fingerprint density at radius 2 is 2.20 bits per heavy atom. The summed E-state index contributed by atoms with van der Waals surface area (Å²) >= 11 is 0. The van der Waals surface area contributed by atoms with Crippen molar-refractivity contribution in [3.8, 4) is 0 Å². The van der Waals surface area contributed by atoms with Crippen molar-refractivity contribution in [2.24, 2.45) is 0 Å². The topological polar surface area (TPSA) is 61.8 Å². The Bertz CT molecular complexity index is 193. The van der Waals surface area contributed by atoms with Crippen LogP contribution in [0.25, 0.3) is 0 Å². The first kappa shape index (κ1) is 12.4. The minimum absolute atomic E-state index is 0.0848. The van der Waals surface area contributed by atoms with E-state index >= 15 is 0 Å². The minimum Gasteiger partial charge on any atom is -0.392 e. The lowest BCUT2D eigenvalue weighted by Gasteiger charge is -2.27. The SMILES string of the molecule is CCC(O)CNCC(=O)N1CCOCC1. The van der Waals surface area contributed by atoms with Gasteiger partial charge in [-0.1, -0.05) is 6.92 Å². The summed E-state index contributed by atoms with van der Waals surface area (Å²) in [7, 11) is 0. The third-order valence-electron chi connectivity index (χ3n) is 2.49. The monoisotopic (exact) mass is 216 g/mol. The molecule has 0 aromatic heterocycles. The molecule has 5 nitrogen and oxygen atoms in total. The molecule has 1 aliphatic rings. The molecule has 1 fully saturated rings.